The molecule has 3 heterocycles. The van der Waals surface area contributed by atoms with Crippen LogP contribution in [0.25, 0.3) is 21.9 Å². The predicted molar refractivity (Wildman–Crippen MR) is 113 cm³/mol. The third kappa shape index (κ3) is 3.19. The second kappa shape index (κ2) is 7.37. The number of hydrogen-bond donors (Lipinski definition) is 1. The zero-order valence-corrected chi connectivity index (χ0v) is 16.5. The standard InChI is InChI=1S/C23H24N4O2/c1-29-14-13-26-12-10-16-8-9-17(15-21(16)26)23(28)27-11-4-7-20(27)22-24-18-5-2-3-6-19(18)25-22/h2-3,5-6,8-10,12,15,20H,4,7,11,13-14H2,1H3,(H,24,25)/t20-/m1/s1. The van der Waals surface area contributed by atoms with Gasteiger partial charge in [0.15, 0.2) is 0 Å². The number of carbonyl (C=O) groups is 1. The van der Waals surface area contributed by atoms with Crippen molar-refractivity contribution in [1.29, 1.82) is 0 Å². The lowest BCUT2D eigenvalue weighted by molar-refractivity contribution is 0.0730. The molecule has 4 aromatic rings. The van der Waals surface area contributed by atoms with E-state index in [1.165, 1.54) is 0 Å². The summed E-state index contributed by atoms with van der Waals surface area (Å²) in [5.41, 5.74) is 3.74. The number of fused-ring (bicyclic) bond motifs is 2. The highest BCUT2D eigenvalue weighted by molar-refractivity contribution is 5.98. The van der Waals surface area contributed by atoms with Gasteiger partial charge in [-0.05, 0) is 48.6 Å². The molecule has 29 heavy (non-hydrogen) atoms. The smallest absolute Gasteiger partial charge is 0.254 e. The molecule has 0 bridgehead atoms. The molecule has 2 aromatic carbocycles. The van der Waals surface area contributed by atoms with Crippen LogP contribution in [-0.4, -0.2) is 45.6 Å². The lowest BCUT2D eigenvalue weighted by Crippen LogP contribution is -2.31. The van der Waals surface area contributed by atoms with Crippen molar-refractivity contribution in [2.45, 2.75) is 25.4 Å². The number of likely N-dealkylation sites (tertiary alicyclic amines) is 1. The van der Waals surface area contributed by atoms with Gasteiger partial charge in [-0.15, -0.1) is 0 Å². The number of aromatic nitrogens is 3. The minimum atomic E-state index is -0.00845. The van der Waals surface area contributed by atoms with Gasteiger partial charge >= 0.3 is 0 Å². The number of amides is 1. The molecule has 5 rings (SSSR count). The fraction of sp³-hybridized carbons (Fsp3) is 0.304. The first-order chi connectivity index (χ1) is 14.2. The summed E-state index contributed by atoms with van der Waals surface area (Å²) in [4.78, 5) is 23.5. The van der Waals surface area contributed by atoms with E-state index in [1.807, 2.05) is 53.6 Å². The van der Waals surface area contributed by atoms with Gasteiger partial charge < -0.3 is 19.2 Å². The van der Waals surface area contributed by atoms with Crippen LogP contribution < -0.4 is 0 Å². The maximum atomic E-state index is 13.4. The van der Waals surface area contributed by atoms with Gasteiger partial charge in [-0.25, -0.2) is 4.98 Å². The van der Waals surface area contributed by atoms with Crippen LogP contribution in [0.4, 0.5) is 0 Å². The van der Waals surface area contributed by atoms with Gasteiger partial charge in [0, 0.05) is 37.5 Å². The molecular formula is C23H24N4O2. The van der Waals surface area contributed by atoms with Gasteiger partial charge in [0.25, 0.3) is 5.91 Å². The average Bonchev–Trinajstić information content (AvgIpc) is 3.48. The number of carbonyl (C=O) groups excluding carboxylic acids is 1. The molecule has 0 spiro atoms. The summed E-state index contributed by atoms with van der Waals surface area (Å²) in [6.45, 7) is 2.16. The lowest BCUT2D eigenvalue weighted by Gasteiger charge is -2.23. The number of aromatic amines is 1. The summed E-state index contributed by atoms with van der Waals surface area (Å²) < 4.78 is 7.34. The van der Waals surface area contributed by atoms with E-state index >= 15 is 0 Å². The first-order valence-electron chi connectivity index (χ1n) is 10.1. The summed E-state index contributed by atoms with van der Waals surface area (Å²) in [5, 5.41) is 1.13. The van der Waals surface area contributed by atoms with E-state index in [4.69, 9.17) is 9.72 Å². The van der Waals surface area contributed by atoms with Crippen LogP contribution in [0.1, 0.15) is 35.1 Å². The predicted octanol–water partition coefficient (Wildman–Crippen LogP) is 4.14. The van der Waals surface area contributed by atoms with Crippen molar-refractivity contribution in [3.63, 3.8) is 0 Å². The highest BCUT2D eigenvalue weighted by Crippen LogP contribution is 2.33. The van der Waals surface area contributed by atoms with Crippen LogP contribution in [0.15, 0.2) is 54.7 Å². The summed E-state index contributed by atoms with van der Waals surface area (Å²) in [5.74, 6) is 0.941. The van der Waals surface area contributed by atoms with Crippen LogP contribution in [-0.2, 0) is 11.3 Å². The molecule has 1 aliphatic rings. The number of ether oxygens (including phenoxy) is 1. The lowest BCUT2D eigenvalue weighted by atomic mass is 10.1. The van der Waals surface area contributed by atoms with E-state index in [-0.39, 0.29) is 11.9 Å². The zero-order valence-electron chi connectivity index (χ0n) is 16.5. The topological polar surface area (TPSA) is 63.1 Å². The number of nitrogens with one attached hydrogen (secondary N) is 1. The first-order valence-corrected chi connectivity index (χ1v) is 10.1. The molecule has 6 heteroatoms. The SMILES string of the molecule is COCCn1ccc2ccc(C(=O)N3CCC[C@@H]3c3nc4ccccc4[nH]3)cc21. The Balaban J connectivity index is 1.45. The summed E-state index contributed by atoms with van der Waals surface area (Å²) in [6, 6.07) is 16.0. The Labute approximate surface area is 169 Å². The van der Waals surface area contributed by atoms with E-state index in [0.29, 0.717) is 6.61 Å². The second-order valence-corrected chi connectivity index (χ2v) is 7.57. The minimum absolute atomic E-state index is 0.00845. The van der Waals surface area contributed by atoms with E-state index in [9.17, 15) is 4.79 Å². The van der Waals surface area contributed by atoms with Gasteiger partial charge in [-0.3, -0.25) is 4.79 Å². The van der Waals surface area contributed by atoms with Crippen molar-refractivity contribution >= 4 is 27.8 Å². The summed E-state index contributed by atoms with van der Waals surface area (Å²) in [7, 11) is 1.70. The number of nitrogens with zero attached hydrogens (tertiary/aromatic N) is 3. The van der Waals surface area contributed by atoms with Crippen LogP contribution in [0.5, 0.6) is 0 Å². The number of para-hydroxylation sites is 2. The average molecular weight is 388 g/mol. The zero-order chi connectivity index (χ0) is 19.8. The van der Waals surface area contributed by atoms with Gasteiger partial charge in [0.2, 0.25) is 0 Å². The Bertz CT molecular complexity index is 1140. The molecule has 0 saturated carbocycles. The number of hydrogen-bond acceptors (Lipinski definition) is 3. The fourth-order valence-corrected chi connectivity index (χ4v) is 4.29. The van der Waals surface area contributed by atoms with Gasteiger partial charge in [-0.1, -0.05) is 18.2 Å². The molecule has 1 N–H and O–H groups in total. The Hall–Kier alpha value is -3.12. The summed E-state index contributed by atoms with van der Waals surface area (Å²) >= 11 is 0. The molecule has 148 valence electrons. The van der Waals surface area contributed by atoms with Gasteiger partial charge in [0.05, 0.1) is 23.7 Å². The molecule has 0 radical (unpaired) electrons. The molecule has 1 fully saturated rings. The number of imidazole rings is 1. The Morgan fingerprint density at radius 3 is 3.00 bits per heavy atom. The van der Waals surface area contributed by atoms with E-state index < -0.39 is 0 Å². The molecule has 0 aliphatic carbocycles. The van der Waals surface area contributed by atoms with Gasteiger partial charge in [-0.2, -0.15) is 0 Å². The maximum Gasteiger partial charge on any atom is 0.254 e. The van der Waals surface area contributed by atoms with Gasteiger partial charge in [0.1, 0.15) is 5.82 Å². The molecule has 1 atom stereocenters. The third-order valence-corrected chi connectivity index (χ3v) is 5.79. The van der Waals surface area contributed by atoms with Crippen LogP contribution in [0.3, 0.4) is 0 Å². The monoisotopic (exact) mass is 388 g/mol. The van der Waals surface area contributed by atoms with E-state index in [1.54, 1.807) is 7.11 Å². The van der Waals surface area contributed by atoms with Crippen molar-refractivity contribution in [3.8, 4) is 0 Å². The molecule has 6 nitrogen and oxygen atoms in total. The first kappa shape index (κ1) is 17.9. The minimum Gasteiger partial charge on any atom is -0.383 e. The third-order valence-electron chi connectivity index (χ3n) is 5.79. The number of methoxy groups -OCH3 is 1. The molecule has 0 unspecified atom stereocenters. The molecule has 1 aliphatic heterocycles. The maximum absolute atomic E-state index is 13.4. The van der Waals surface area contributed by atoms with Crippen molar-refractivity contribution < 1.29 is 9.53 Å². The highest BCUT2D eigenvalue weighted by atomic mass is 16.5. The summed E-state index contributed by atoms with van der Waals surface area (Å²) in [6.07, 6.45) is 3.96. The van der Waals surface area contributed by atoms with Crippen LogP contribution >= 0.6 is 0 Å². The second-order valence-electron chi connectivity index (χ2n) is 7.57. The number of benzene rings is 2. The van der Waals surface area contributed by atoms with Crippen molar-refractivity contribution in [2.24, 2.45) is 0 Å². The highest BCUT2D eigenvalue weighted by Gasteiger charge is 2.32. The molecule has 1 amide bonds. The fourth-order valence-electron chi connectivity index (χ4n) is 4.29. The van der Waals surface area contributed by atoms with Crippen molar-refractivity contribution in [1.82, 2.24) is 19.4 Å². The Kier molecular flexibility index (Phi) is 4.56. The molecular weight excluding hydrogens is 364 g/mol. The Morgan fingerprint density at radius 2 is 2.14 bits per heavy atom. The normalized spacial score (nSPS) is 16.9. The van der Waals surface area contributed by atoms with Crippen molar-refractivity contribution in [2.75, 3.05) is 20.3 Å². The van der Waals surface area contributed by atoms with Crippen LogP contribution in [0, 0.1) is 0 Å². The number of rotatable bonds is 5. The number of H-pyrrole nitrogens is 1. The van der Waals surface area contributed by atoms with Crippen molar-refractivity contribution in [3.05, 3.63) is 66.1 Å². The quantitative estimate of drug-likeness (QED) is 0.559. The largest absolute Gasteiger partial charge is 0.383 e. The van der Waals surface area contributed by atoms with E-state index in [2.05, 4.69) is 15.6 Å². The molecule has 1 saturated heterocycles. The van der Waals surface area contributed by atoms with E-state index in [0.717, 1.165) is 59.3 Å². The van der Waals surface area contributed by atoms with Crippen LogP contribution in [0.2, 0.25) is 0 Å². The molecule has 2 aromatic heterocycles. The Morgan fingerprint density at radius 1 is 1.24 bits per heavy atom.